The van der Waals surface area contributed by atoms with Gasteiger partial charge in [0.1, 0.15) is 0 Å². The van der Waals surface area contributed by atoms with Crippen LogP contribution in [-0.4, -0.2) is 31.6 Å². The second kappa shape index (κ2) is 5.47. The summed E-state index contributed by atoms with van der Waals surface area (Å²) in [5.41, 5.74) is 1.14. The summed E-state index contributed by atoms with van der Waals surface area (Å²) in [6.07, 6.45) is 7.85. The molecule has 94 valence electrons. The number of carbonyl (C=O) groups is 1. The van der Waals surface area contributed by atoms with Gasteiger partial charge in [-0.1, -0.05) is 17.7 Å². The number of allylic oxidation sites excluding steroid dienone is 2. The van der Waals surface area contributed by atoms with Gasteiger partial charge >= 0.3 is 5.97 Å². The molecular formula is C13H18O4. The van der Waals surface area contributed by atoms with Crippen molar-refractivity contribution in [1.82, 2.24) is 0 Å². The van der Waals surface area contributed by atoms with E-state index in [1.54, 1.807) is 6.92 Å². The largest absolute Gasteiger partial charge is 0.463 e. The average Bonchev–Trinajstić information content (AvgIpc) is 2.78. The van der Waals surface area contributed by atoms with Gasteiger partial charge in [0.05, 0.1) is 19.8 Å². The molecule has 1 spiro atoms. The minimum absolute atomic E-state index is 0.290. The Hall–Kier alpha value is -1.13. The Bertz CT molecular complexity index is 337. The molecule has 1 fully saturated rings. The van der Waals surface area contributed by atoms with Crippen molar-refractivity contribution in [2.24, 2.45) is 0 Å². The van der Waals surface area contributed by atoms with Crippen LogP contribution in [0.3, 0.4) is 0 Å². The summed E-state index contributed by atoms with van der Waals surface area (Å²) >= 11 is 0. The van der Waals surface area contributed by atoms with Crippen LogP contribution in [-0.2, 0) is 19.0 Å². The molecule has 0 aromatic rings. The maximum absolute atomic E-state index is 11.1. The van der Waals surface area contributed by atoms with E-state index in [1.165, 1.54) is 6.08 Å². The van der Waals surface area contributed by atoms with Gasteiger partial charge in [-0.2, -0.15) is 0 Å². The summed E-state index contributed by atoms with van der Waals surface area (Å²) in [7, 11) is 0. The van der Waals surface area contributed by atoms with Crippen LogP contribution in [0.2, 0.25) is 0 Å². The van der Waals surface area contributed by atoms with Crippen molar-refractivity contribution in [2.75, 3.05) is 19.8 Å². The predicted octanol–water partition coefficient (Wildman–Crippen LogP) is 1.96. The molecule has 0 unspecified atom stereocenters. The molecule has 1 aliphatic heterocycles. The molecule has 17 heavy (non-hydrogen) atoms. The second-order valence-electron chi connectivity index (χ2n) is 4.18. The Morgan fingerprint density at radius 3 is 2.88 bits per heavy atom. The van der Waals surface area contributed by atoms with E-state index in [0.717, 1.165) is 24.8 Å². The van der Waals surface area contributed by atoms with E-state index in [2.05, 4.69) is 6.08 Å². The fourth-order valence-corrected chi connectivity index (χ4v) is 2.10. The molecule has 4 heteroatoms. The van der Waals surface area contributed by atoms with Crippen molar-refractivity contribution in [1.29, 1.82) is 0 Å². The Balaban J connectivity index is 1.88. The number of rotatable bonds is 3. The molecule has 1 saturated heterocycles. The highest BCUT2D eigenvalue weighted by Crippen LogP contribution is 2.35. The molecular weight excluding hydrogens is 220 g/mol. The summed E-state index contributed by atoms with van der Waals surface area (Å²) < 4.78 is 16.0. The van der Waals surface area contributed by atoms with E-state index in [1.807, 2.05) is 6.08 Å². The number of hydrogen-bond donors (Lipinski definition) is 0. The average molecular weight is 238 g/mol. The fraction of sp³-hybridized carbons (Fsp3) is 0.615. The predicted molar refractivity (Wildman–Crippen MR) is 62.3 cm³/mol. The van der Waals surface area contributed by atoms with E-state index in [9.17, 15) is 4.79 Å². The summed E-state index contributed by atoms with van der Waals surface area (Å²) in [6.45, 7) is 3.57. The van der Waals surface area contributed by atoms with Gasteiger partial charge < -0.3 is 14.2 Å². The highest BCUT2D eigenvalue weighted by atomic mass is 16.7. The lowest BCUT2D eigenvalue weighted by atomic mass is 9.94. The summed E-state index contributed by atoms with van der Waals surface area (Å²) in [5.74, 6) is -0.677. The molecule has 0 aromatic carbocycles. The van der Waals surface area contributed by atoms with E-state index < -0.39 is 0 Å². The Kier molecular flexibility index (Phi) is 3.97. The van der Waals surface area contributed by atoms with Crippen molar-refractivity contribution in [2.45, 2.75) is 32.0 Å². The Labute approximate surface area is 101 Å². The summed E-state index contributed by atoms with van der Waals surface area (Å²) in [6, 6.07) is 0. The first-order valence-corrected chi connectivity index (χ1v) is 6.06. The van der Waals surface area contributed by atoms with E-state index in [4.69, 9.17) is 14.2 Å². The van der Waals surface area contributed by atoms with E-state index >= 15 is 0 Å². The highest BCUT2D eigenvalue weighted by Gasteiger charge is 2.37. The van der Waals surface area contributed by atoms with Crippen LogP contribution >= 0.6 is 0 Å². The number of carbonyl (C=O) groups excluding carboxylic acids is 1. The Morgan fingerprint density at radius 1 is 1.53 bits per heavy atom. The minimum atomic E-state index is -0.388. The summed E-state index contributed by atoms with van der Waals surface area (Å²) in [5, 5.41) is 0. The Morgan fingerprint density at radius 2 is 2.29 bits per heavy atom. The molecule has 1 aliphatic carbocycles. The van der Waals surface area contributed by atoms with Gasteiger partial charge in [-0.15, -0.1) is 0 Å². The summed E-state index contributed by atoms with van der Waals surface area (Å²) in [4.78, 5) is 11.1. The first-order chi connectivity index (χ1) is 8.24. The molecule has 2 aliphatic rings. The third-order valence-corrected chi connectivity index (χ3v) is 3.00. The number of ether oxygens (including phenoxy) is 3. The quantitative estimate of drug-likeness (QED) is 0.557. The van der Waals surface area contributed by atoms with Crippen molar-refractivity contribution in [3.63, 3.8) is 0 Å². The monoisotopic (exact) mass is 238 g/mol. The lowest BCUT2D eigenvalue weighted by Crippen LogP contribution is -2.31. The standard InChI is InChI=1S/C13H18O4/c1-2-15-12(14)4-3-11-5-7-13(8-6-11)16-9-10-17-13/h3-5H,2,6-10H2,1H3/b4-3+. The topological polar surface area (TPSA) is 44.8 Å². The van der Waals surface area contributed by atoms with Gasteiger partial charge in [0, 0.05) is 18.9 Å². The van der Waals surface area contributed by atoms with Gasteiger partial charge in [0.15, 0.2) is 5.79 Å². The van der Waals surface area contributed by atoms with Crippen LogP contribution in [0.25, 0.3) is 0 Å². The molecule has 2 rings (SSSR count). The van der Waals surface area contributed by atoms with E-state index in [-0.39, 0.29) is 11.8 Å². The number of hydrogen-bond acceptors (Lipinski definition) is 4. The smallest absolute Gasteiger partial charge is 0.330 e. The highest BCUT2D eigenvalue weighted by molar-refractivity contribution is 5.82. The van der Waals surface area contributed by atoms with Crippen LogP contribution in [0.15, 0.2) is 23.8 Å². The van der Waals surface area contributed by atoms with Crippen molar-refractivity contribution in [3.8, 4) is 0 Å². The lowest BCUT2D eigenvalue weighted by molar-refractivity contribution is -0.161. The van der Waals surface area contributed by atoms with Gasteiger partial charge in [0.25, 0.3) is 0 Å². The lowest BCUT2D eigenvalue weighted by Gasteiger charge is -2.29. The van der Waals surface area contributed by atoms with Gasteiger partial charge in [-0.3, -0.25) is 0 Å². The maximum atomic E-state index is 11.1. The van der Waals surface area contributed by atoms with Crippen LogP contribution in [0.4, 0.5) is 0 Å². The fourth-order valence-electron chi connectivity index (χ4n) is 2.10. The van der Waals surface area contributed by atoms with Crippen molar-refractivity contribution < 1.29 is 19.0 Å². The molecule has 0 atom stereocenters. The first kappa shape index (κ1) is 12.3. The zero-order chi connectivity index (χ0) is 12.1. The third kappa shape index (κ3) is 3.17. The van der Waals surface area contributed by atoms with Crippen LogP contribution in [0, 0.1) is 0 Å². The molecule has 4 nitrogen and oxygen atoms in total. The normalized spacial score (nSPS) is 23.0. The third-order valence-electron chi connectivity index (χ3n) is 3.00. The van der Waals surface area contributed by atoms with Crippen molar-refractivity contribution in [3.05, 3.63) is 23.8 Å². The van der Waals surface area contributed by atoms with Crippen LogP contribution in [0.1, 0.15) is 26.2 Å². The molecule has 0 bridgehead atoms. The van der Waals surface area contributed by atoms with Crippen LogP contribution in [0.5, 0.6) is 0 Å². The SMILES string of the molecule is CCOC(=O)/C=C/C1=CCC2(CC1)OCCO2. The van der Waals surface area contributed by atoms with Gasteiger partial charge in [-0.05, 0) is 13.3 Å². The van der Waals surface area contributed by atoms with Gasteiger partial charge in [-0.25, -0.2) is 4.79 Å². The molecule has 0 amide bonds. The van der Waals surface area contributed by atoms with Gasteiger partial charge in [0.2, 0.25) is 0 Å². The first-order valence-electron chi connectivity index (χ1n) is 6.06. The minimum Gasteiger partial charge on any atom is -0.463 e. The zero-order valence-electron chi connectivity index (χ0n) is 10.1. The molecule has 0 N–H and O–H groups in total. The molecule has 0 radical (unpaired) electrons. The number of esters is 1. The second-order valence-corrected chi connectivity index (χ2v) is 4.18. The molecule has 0 saturated carbocycles. The van der Waals surface area contributed by atoms with Crippen LogP contribution < -0.4 is 0 Å². The zero-order valence-corrected chi connectivity index (χ0v) is 10.1. The van der Waals surface area contributed by atoms with Crippen molar-refractivity contribution >= 4 is 5.97 Å². The van der Waals surface area contributed by atoms with E-state index in [0.29, 0.717) is 19.8 Å². The maximum Gasteiger partial charge on any atom is 0.330 e. The molecule has 0 aromatic heterocycles. The molecule has 1 heterocycles.